The van der Waals surface area contributed by atoms with Crippen molar-refractivity contribution in [1.29, 1.82) is 0 Å². The van der Waals surface area contributed by atoms with Crippen LogP contribution in [0.15, 0.2) is 71.6 Å². The van der Waals surface area contributed by atoms with E-state index in [1.54, 1.807) is 43.3 Å². The number of amides is 1. The molecule has 182 valence electrons. The van der Waals surface area contributed by atoms with Crippen LogP contribution in [0.4, 0.5) is 11.4 Å². The van der Waals surface area contributed by atoms with E-state index in [0.29, 0.717) is 29.2 Å². The molecule has 0 atom stereocenters. The number of carbonyl (C=O) groups excluding carboxylic acids is 2. The summed E-state index contributed by atoms with van der Waals surface area (Å²) in [6, 6.07) is 18.6. The number of esters is 1. The van der Waals surface area contributed by atoms with E-state index in [0.717, 1.165) is 18.4 Å². The summed E-state index contributed by atoms with van der Waals surface area (Å²) in [6.45, 7) is 1.83. The molecule has 0 aromatic heterocycles. The Bertz CT molecular complexity index is 1370. The monoisotopic (exact) mass is 494 g/mol. The number of hydrogen-bond donors (Lipinski definition) is 1. The molecule has 3 aromatic carbocycles. The number of nitrogens with zero attached hydrogens (tertiary/aromatic N) is 1. The molecule has 0 unspecified atom stereocenters. The van der Waals surface area contributed by atoms with Gasteiger partial charge < -0.3 is 14.8 Å². The van der Waals surface area contributed by atoms with Crippen LogP contribution in [0.25, 0.3) is 0 Å². The number of methoxy groups -OCH3 is 1. The summed E-state index contributed by atoms with van der Waals surface area (Å²) in [6.07, 6.45) is 1.60. The van der Waals surface area contributed by atoms with Gasteiger partial charge in [-0.2, -0.15) is 0 Å². The van der Waals surface area contributed by atoms with Crippen LogP contribution in [0.3, 0.4) is 0 Å². The zero-order valence-corrected chi connectivity index (χ0v) is 20.3. The minimum Gasteiger partial charge on any atom is -0.483 e. The highest BCUT2D eigenvalue weighted by Gasteiger charge is 2.29. The number of nitrogens with one attached hydrogen (secondary N) is 1. The first-order valence-electron chi connectivity index (χ1n) is 11.1. The number of aryl methyl sites for hydroxylation is 2. The first kappa shape index (κ1) is 24.3. The van der Waals surface area contributed by atoms with E-state index in [4.69, 9.17) is 9.47 Å². The quantitative estimate of drug-likeness (QED) is 0.499. The van der Waals surface area contributed by atoms with Crippen LogP contribution in [0.5, 0.6) is 5.75 Å². The molecular formula is C26H26N2O6S. The third-order valence-corrected chi connectivity index (χ3v) is 7.58. The predicted octanol–water partition coefficient (Wildman–Crippen LogP) is 3.94. The molecule has 4 rings (SSSR count). The molecular weight excluding hydrogens is 468 g/mol. The molecule has 1 aliphatic rings. The van der Waals surface area contributed by atoms with Gasteiger partial charge in [0.05, 0.1) is 28.9 Å². The minimum absolute atomic E-state index is 0.163. The molecule has 3 aromatic rings. The van der Waals surface area contributed by atoms with E-state index >= 15 is 0 Å². The van der Waals surface area contributed by atoms with Crippen molar-refractivity contribution < 1.29 is 27.5 Å². The second-order valence-electron chi connectivity index (χ2n) is 8.11. The highest BCUT2D eigenvalue weighted by Crippen LogP contribution is 2.33. The average molecular weight is 495 g/mol. The Morgan fingerprint density at radius 2 is 1.77 bits per heavy atom. The van der Waals surface area contributed by atoms with Gasteiger partial charge in [0.25, 0.3) is 15.9 Å². The summed E-state index contributed by atoms with van der Waals surface area (Å²) in [5, 5.41) is 2.64. The van der Waals surface area contributed by atoms with Crippen molar-refractivity contribution in [3.05, 3.63) is 83.4 Å². The fourth-order valence-electron chi connectivity index (χ4n) is 4.03. The van der Waals surface area contributed by atoms with Crippen molar-refractivity contribution in [2.45, 2.75) is 24.7 Å². The number of anilines is 2. The number of para-hydroxylation sites is 2. The van der Waals surface area contributed by atoms with Crippen LogP contribution in [-0.4, -0.2) is 40.6 Å². The fourth-order valence-corrected chi connectivity index (χ4v) is 5.66. The van der Waals surface area contributed by atoms with Gasteiger partial charge in [0, 0.05) is 6.54 Å². The van der Waals surface area contributed by atoms with Gasteiger partial charge in [-0.3, -0.25) is 9.10 Å². The van der Waals surface area contributed by atoms with E-state index < -0.39 is 21.9 Å². The third kappa shape index (κ3) is 5.14. The Hall–Kier alpha value is -3.85. The Labute approximate surface area is 204 Å². The summed E-state index contributed by atoms with van der Waals surface area (Å²) in [5.74, 6) is -0.646. The lowest BCUT2D eigenvalue weighted by Crippen LogP contribution is -2.35. The zero-order chi connectivity index (χ0) is 25.0. The lowest BCUT2D eigenvalue weighted by molar-refractivity contribution is -0.118. The summed E-state index contributed by atoms with van der Waals surface area (Å²) >= 11 is 0. The maximum atomic E-state index is 13.4. The standard InChI is InChI=1S/C26H26N2O6S/c1-18-16-20(35(31,32)28-15-7-9-19-8-3-6-12-23(19)28)13-14-24(18)34-17-25(29)27-22-11-5-4-10-21(22)26(30)33-2/h3-6,8,10-14,16H,7,9,15,17H2,1-2H3,(H,27,29). The molecule has 0 aliphatic carbocycles. The van der Waals surface area contributed by atoms with Gasteiger partial charge >= 0.3 is 5.97 Å². The molecule has 0 saturated heterocycles. The van der Waals surface area contributed by atoms with E-state index in [-0.39, 0.29) is 17.1 Å². The normalized spacial score (nSPS) is 13.0. The number of ether oxygens (including phenoxy) is 2. The second kappa shape index (κ2) is 10.2. The van der Waals surface area contributed by atoms with Crippen LogP contribution >= 0.6 is 0 Å². The molecule has 1 heterocycles. The van der Waals surface area contributed by atoms with Gasteiger partial charge in [-0.1, -0.05) is 30.3 Å². The number of hydrogen-bond acceptors (Lipinski definition) is 6. The lowest BCUT2D eigenvalue weighted by atomic mass is 10.0. The highest BCUT2D eigenvalue weighted by molar-refractivity contribution is 7.92. The Morgan fingerprint density at radius 1 is 1.03 bits per heavy atom. The van der Waals surface area contributed by atoms with E-state index in [2.05, 4.69) is 5.32 Å². The molecule has 0 bridgehead atoms. The van der Waals surface area contributed by atoms with E-state index in [9.17, 15) is 18.0 Å². The van der Waals surface area contributed by atoms with E-state index in [1.807, 2.05) is 24.3 Å². The molecule has 35 heavy (non-hydrogen) atoms. The zero-order valence-electron chi connectivity index (χ0n) is 19.5. The van der Waals surface area contributed by atoms with Crippen molar-refractivity contribution in [3.63, 3.8) is 0 Å². The summed E-state index contributed by atoms with van der Waals surface area (Å²) in [4.78, 5) is 24.5. The Kier molecular flexibility index (Phi) is 7.07. The van der Waals surface area contributed by atoms with Crippen LogP contribution in [0, 0.1) is 6.92 Å². The highest BCUT2D eigenvalue weighted by atomic mass is 32.2. The SMILES string of the molecule is COC(=O)c1ccccc1NC(=O)COc1ccc(S(=O)(=O)N2CCCc3ccccc32)cc1C. The smallest absolute Gasteiger partial charge is 0.339 e. The summed E-state index contributed by atoms with van der Waals surface area (Å²) in [5.41, 5.74) is 2.85. The van der Waals surface area contributed by atoms with Crippen LogP contribution in [0.1, 0.15) is 27.9 Å². The topological polar surface area (TPSA) is 102 Å². The Balaban J connectivity index is 1.46. The summed E-state index contributed by atoms with van der Waals surface area (Å²) < 4.78 is 38.6. The van der Waals surface area contributed by atoms with Gasteiger partial charge in [-0.25, -0.2) is 13.2 Å². The molecule has 0 saturated carbocycles. The van der Waals surface area contributed by atoms with Crippen molar-refractivity contribution in [1.82, 2.24) is 0 Å². The molecule has 1 amide bonds. The van der Waals surface area contributed by atoms with Crippen molar-refractivity contribution in [3.8, 4) is 5.75 Å². The van der Waals surface area contributed by atoms with Gasteiger partial charge in [-0.15, -0.1) is 0 Å². The third-order valence-electron chi connectivity index (χ3n) is 5.77. The van der Waals surface area contributed by atoms with Crippen LogP contribution in [-0.2, 0) is 26.0 Å². The average Bonchev–Trinajstić information content (AvgIpc) is 2.87. The van der Waals surface area contributed by atoms with Gasteiger partial charge in [0.2, 0.25) is 0 Å². The number of benzene rings is 3. The molecule has 1 N–H and O–H groups in total. The maximum Gasteiger partial charge on any atom is 0.339 e. The first-order chi connectivity index (χ1) is 16.8. The Morgan fingerprint density at radius 3 is 2.54 bits per heavy atom. The molecule has 8 nitrogen and oxygen atoms in total. The lowest BCUT2D eigenvalue weighted by Gasteiger charge is -2.30. The molecule has 9 heteroatoms. The van der Waals surface area contributed by atoms with Gasteiger partial charge in [-0.05, 0) is 67.3 Å². The molecule has 1 aliphatic heterocycles. The van der Waals surface area contributed by atoms with Crippen molar-refractivity contribution in [2.75, 3.05) is 29.9 Å². The molecule has 0 fully saturated rings. The fraction of sp³-hybridized carbons (Fsp3) is 0.231. The van der Waals surface area contributed by atoms with Crippen molar-refractivity contribution in [2.24, 2.45) is 0 Å². The number of carbonyl (C=O) groups is 2. The van der Waals surface area contributed by atoms with Crippen LogP contribution in [0.2, 0.25) is 0 Å². The number of sulfonamides is 1. The predicted molar refractivity (Wildman–Crippen MR) is 132 cm³/mol. The largest absolute Gasteiger partial charge is 0.483 e. The maximum absolute atomic E-state index is 13.4. The van der Waals surface area contributed by atoms with E-state index in [1.165, 1.54) is 17.5 Å². The molecule has 0 spiro atoms. The van der Waals surface area contributed by atoms with Gasteiger partial charge in [0.15, 0.2) is 6.61 Å². The number of fused-ring (bicyclic) bond motifs is 1. The van der Waals surface area contributed by atoms with Crippen LogP contribution < -0.4 is 14.4 Å². The first-order valence-corrected chi connectivity index (χ1v) is 12.6. The van der Waals surface area contributed by atoms with Gasteiger partial charge in [0.1, 0.15) is 5.75 Å². The molecule has 0 radical (unpaired) electrons. The number of rotatable bonds is 7. The van der Waals surface area contributed by atoms with Crippen molar-refractivity contribution >= 4 is 33.3 Å². The summed E-state index contributed by atoms with van der Waals surface area (Å²) in [7, 11) is -2.48. The minimum atomic E-state index is -3.75. The second-order valence-corrected chi connectivity index (χ2v) is 9.97.